The maximum Gasteiger partial charge on any atom is 0.340 e. The van der Waals surface area contributed by atoms with Crippen molar-refractivity contribution in [1.29, 1.82) is 0 Å². The second-order valence-corrected chi connectivity index (χ2v) is 6.97. The first-order valence-electron chi connectivity index (χ1n) is 8.96. The van der Waals surface area contributed by atoms with Gasteiger partial charge in [-0.2, -0.15) is 0 Å². The molecule has 3 rings (SSSR count). The van der Waals surface area contributed by atoms with Gasteiger partial charge in [-0.1, -0.05) is 48.5 Å². The van der Waals surface area contributed by atoms with Crippen LogP contribution >= 0.6 is 11.8 Å². The molecular weight excluding hydrogens is 386 g/mol. The van der Waals surface area contributed by atoms with Crippen molar-refractivity contribution < 1.29 is 19.1 Å². The van der Waals surface area contributed by atoms with Crippen molar-refractivity contribution >= 4 is 29.3 Å². The summed E-state index contributed by atoms with van der Waals surface area (Å²) in [4.78, 5) is 26.6. The number of amides is 1. The molecule has 0 radical (unpaired) electrons. The van der Waals surface area contributed by atoms with Crippen LogP contribution in [0.3, 0.4) is 0 Å². The topological polar surface area (TPSA) is 64.6 Å². The molecule has 1 unspecified atom stereocenters. The molecule has 148 valence electrons. The van der Waals surface area contributed by atoms with E-state index in [0.29, 0.717) is 22.6 Å². The molecule has 1 atom stereocenters. The van der Waals surface area contributed by atoms with E-state index < -0.39 is 18.0 Å². The highest BCUT2D eigenvalue weighted by atomic mass is 32.2. The monoisotopic (exact) mass is 407 g/mol. The molecule has 29 heavy (non-hydrogen) atoms. The summed E-state index contributed by atoms with van der Waals surface area (Å²) in [5.74, 6) is -0.381. The molecule has 3 aromatic carbocycles. The minimum atomic E-state index is -1.09. The maximum absolute atomic E-state index is 13.0. The van der Waals surface area contributed by atoms with Crippen molar-refractivity contribution in [3.63, 3.8) is 0 Å². The fourth-order valence-corrected chi connectivity index (χ4v) is 3.38. The van der Waals surface area contributed by atoms with Gasteiger partial charge in [-0.05, 0) is 30.5 Å². The Hall–Kier alpha value is -3.25. The van der Waals surface area contributed by atoms with E-state index in [1.807, 2.05) is 24.5 Å². The Bertz CT molecular complexity index is 991. The van der Waals surface area contributed by atoms with Crippen molar-refractivity contribution in [3.05, 3.63) is 90.0 Å². The number of carbonyl (C=O) groups is 2. The van der Waals surface area contributed by atoms with Gasteiger partial charge in [0.1, 0.15) is 5.75 Å². The van der Waals surface area contributed by atoms with Crippen LogP contribution in [0.25, 0.3) is 0 Å². The lowest BCUT2D eigenvalue weighted by Gasteiger charge is -2.19. The van der Waals surface area contributed by atoms with Crippen LogP contribution in [0.2, 0.25) is 0 Å². The van der Waals surface area contributed by atoms with Crippen molar-refractivity contribution in [2.24, 2.45) is 0 Å². The molecule has 0 aromatic heterocycles. The van der Waals surface area contributed by atoms with Crippen LogP contribution in [-0.2, 0) is 9.53 Å². The SMILES string of the molecule is COc1cccc(NC(=O)C(OC(=O)c2ccccc2SC)c2ccccc2)c1. The summed E-state index contributed by atoms with van der Waals surface area (Å²) in [6.07, 6.45) is 0.792. The standard InChI is InChI=1S/C23H21NO4S/c1-27-18-12-8-11-17(15-18)24-22(25)21(16-9-4-3-5-10-16)28-23(26)19-13-6-7-14-20(19)29-2/h3-15,21H,1-2H3,(H,24,25). The van der Waals surface area contributed by atoms with Crippen LogP contribution in [-0.4, -0.2) is 25.2 Å². The highest BCUT2D eigenvalue weighted by Crippen LogP contribution is 2.26. The third kappa shape index (κ3) is 5.18. The molecule has 0 saturated carbocycles. The number of methoxy groups -OCH3 is 1. The molecular formula is C23H21NO4S. The Labute approximate surface area is 174 Å². The largest absolute Gasteiger partial charge is 0.497 e. The van der Waals surface area contributed by atoms with Gasteiger partial charge in [0, 0.05) is 22.2 Å². The van der Waals surface area contributed by atoms with Crippen LogP contribution in [0.5, 0.6) is 5.75 Å². The number of hydrogen-bond acceptors (Lipinski definition) is 5. The highest BCUT2D eigenvalue weighted by Gasteiger charge is 2.26. The van der Waals surface area contributed by atoms with Gasteiger partial charge in [0.15, 0.2) is 0 Å². The number of esters is 1. The number of ether oxygens (including phenoxy) is 2. The Balaban J connectivity index is 1.86. The van der Waals surface area contributed by atoms with Crippen molar-refractivity contribution in [1.82, 2.24) is 0 Å². The van der Waals surface area contributed by atoms with Crippen LogP contribution in [0.4, 0.5) is 5.69 Å². The van der Waals surface area contributed by atoms with E-state index in [1.165, 1.54) is 11.8 Å². The first-order valence-corrected chi connectivity index (χ1v) is 10.2. The van der Waals surface area contributed by atoms with Gasteiger partial charge in [0.25, 0.3) is 5.91 Å². The van der Waals surface area contributed by atoms with Gasteiger partial charge in [-0.25, -0.2) is 4.79 Å². The zero-order chi connectivity index (χ0) is 20.6. The first kappa shape index (κ1) is 20.5. The van der Waals surface area contributed by atoms with E-state index in [0.717, 1.165) is 4.90 Å². The molecule has 0 fully saturated rings. The van der Waals surface area contributed by atoms with E-state index in [1.54, 1.807) is 67.8 Å². The quantitative estimate of drug-likeness (QED) is 0.443. The molecule has 0 heterocycles. The van der Waals surface area contributed by atoms with Gasteiger partial charge < -0.3 is 14.8 Å². The molecule has 3 aromatic rings. The third-order valence-electron chi connectivity index (χ3n) is 4.23. The summed E-state index contributed by atoms with van der Waals surface area (Å²) >= 11 is 1.45. The number of nitrogens with one attached hydrogen (secondary N) is 1. The molecule has 0 bridgehead atoms. The lowest BCUT2D eigenvalue weighted by atomic mass is 10.1. The van der Waals surface area contributed by atoms with Gasteiger partial charge in [0.05, 0.1) is 12.7 Å². The summed E-state index contributed by atoms with van der Waals surface area (Å²) < 4.78 is 10.9. The first-order chi connectivity index (χ1) is 14.1. The van der Waals surface area contributed by atoms with Crippen molar-refractivity contribution in [3.8, 4) is 5.75 Å². The Morgan fingerprint density at radius 2 is 1.66 bits per heavy atom. The van der Waals surface area contributed by atoms with E-state index in [-0.39, 0.29) is 0 Å². The predicted octanol–water partition coefficient (Wildman–Crippen LogP) is 4.95. The fourth-order valence-electron chi connectivity index (χ4n) is 2.79. The number of thioether (sulfide) groups is 1. The Kier molecular flexibility index (Phi) is 6.92. The average molecular weight is 407 g/mol. The smallest absolute Gasteiger partial charge is 0.340 e. The minimum Gasteiger partial charge on any atom is -0.497 e. The molecule has 6 heteroatoms. The van der Waals surface area contributed by atoms with Crippen LogP contribution in [0.15, 0.2) is 83.8 Å². The summed E-state index contributed by atoms with van der Waals surface area (Å²) in [6.45, 7) is 0. The number of rotatable bonds is 7. The Morgan fingerprint density at radius 3 is 2.38 bits per heavy atom. The van der Waals surface area contributed by atoms with Crippen LogP contribution < -0.4 is 10.1 Å². The van der Waals surface area contributed by atoms with Crippen LogP contribution in [0.1, 0.15) is 22.0 Å². The van der Waals surface area contributed by atoms with Gasteiger partial charge in [0.2, 0.25) is 6.10 Å². The zero-order valence-corrected chi connectivity index (χ0v) is 16.9. The Morgan fingerprint density at radius 1 is 0.931 bits per heavy atom. The normalized spacial score (nSPS) is 11.4. The van der Waals surface area contributed by atoms with E-state index in [4.69, 9.17) is 9.47 Å². The van der Waals surface area contributed by atoms with Gasteiger partial charge in [-0.15, -0.1) is 11.8 Å². The van der Waals surface area contributed by atoms with E-state index in [9.17, 15) is 9.59 Å². The summed E-state index contributed by atoms with van der Waals surface area (Å²) in [5.41, 5.74) is 1.56. The summed E-state index contributed by atoms with van der Waals surface area (Å²) in [5, 5.41) is 2.80. The number of hydrogen-bond donors (Lipinski definition) is 1. The average Bonchev–Trinajstić information content (AvgIpc) is 2.77. The minimum absolute atomic E-state index is 0.426. The van der Waals surface area contributed by atoms with Crippen molar-refractivity contribution in [2.75, 3.05) is 18.7 Å². The summed E-state index contributed by atoms with van der Waals surface area (Å²) in [7, 11) is 1.55. The van der Waals surface area contributed by atoms with Crippen molar-refractivity contribution in [2.45, 2.75) is 11.0 Å². The van der Waals surface area contributed by atoms with Gasteiger partial charge >= 0.3 is 5.97 Å². The number of anilines is 1. The molecule has 0 spiro atoms. The molecule has 1 amide bonds. The molecule has 0 saturated heterocycles. The third-order valence-corrected chi connectivity index (χ3v) is 5.03. The predicted molar refractivity (Wildman–Crippen MR) is 114 cm³/mol. The molecule has 1 N–H and O–H groups in total. The fraction of sp³-hybridized carbons (Fsp3) is 0.130. The maximum atomic E-state index is 13.0. The lowest BCUT2D eigenvalue weighted by molar-refractivity contribution is -0.125. The second-order valence-electron chi connectivity index (χ2n) is 6.12. The molecule has 0 aliphatic rings. The zero-order valence-electron chi connectivity index (χ0n) is 16.1. The number of carbonyl (C=O) groups excluding carboxylic acids is 2. The van der Waals surface area contributed by atoms with Crippen LogP contribution in [0, 0.1) is 0 Å². The van der Waals surface area contributed by atoms with E-state index >= 15 is 0 Å². The van der Waals surface area contributed by atoms with E-state index in [2.05, 4.69) is 5.32 Å². The second kappa shape index (κ2) is 9.80. The number of benzene rings is 3. The molecule has 0 aliphatic heterocycles. The molecule has 5 nitrogen and oxygen atoms in total. The lowest BCUT2D eigenvalue weighted by Crippen LogP contribution is -2.26. The highest BCUT2D eigenvalue weighted by molar-refractivity contribution is 7.98. The molecule has 0 aliphatic carbocycles. The van der Waals surface area contributed by atoms with Gasteiger partial charge in [-0.3, -0.25) is 4.79 Å². The summed E-state index contributed by atoms with van der Waals surface area (Å²) in [6, 6.07) is 23.1.